The number of rotatable bonds is 0. The highest BCUT2D eigenvalue weighted by molar-refractivity contribution is 7.01. The van der Waals surface area contributed by atoms with E-state index in [2.05, 4.69) is 20.8 Å². The molecule has 0 radical (unpaired) electrons. The Morgan fingerprint density at radius 2 is 1.39 bits per heavy atom. The summed E-state index contributed by atoms with van der Waals surface area (Å²) in [7, 11) is 0. The van der Waals surface area contributed by atoms with Crippen LogP contribution < -0.4 is 16.4 Å². The molecule has 7 rings (SSSR count). The molecule has 0 saturated heterocycles. The molecule has 0 amide bonds. The fourth-order valence-corrected chi connectivity index (χ4v) is 6.37. The minimum absolute atomic E-state index is 0.00703. The third kappa shape index (κ3) is 2.77. The number of nitrogens with zero attached hydrogens (tertiary/aromatic N) is 2. The van der Waals surface area contributed by atoms with Gasteiger partial charge in [0.25, 0.3) is 6.71 Å². The fraction of sp³-hybridized carbons (Fsp3) is 0.258. The molecule has 0 unspecified atom stereocenters. The first-order valence-electron chi connectivity index (χ1n) is 12.8. The van der Waals surface area contributed by atoms with Gasteiger partial charge in [0.15, 0.2) is 23.3 Å². The lowest BCUT2D eigenvalue weighted by molar-refractivity contribution is 0.515. The SMILES string of the molecule is CC(C)(C)c1cc2c3c(c1)-n1nc(C(C)(C)C)c4cc(F)c(F)c(c41)B3c1c(F)c(F)c3ccccc3c1-2. The largest absolute Gasteiger partial charge is 0.256 e. The Hall–Kier alpha value is -3.61. The topological polar surface area (TPSA) is 17.8 Å². The Labute approximate surface area is 218 Å². The van der Waals surface area contributed by atoms with Crippen molar-refractivity contribution in [1.82, 2.24) is 9.78 Å². The van der Waals surface area contributed by atoms with Crippen molar-refractivity contribution >= 4 is 44.8 Å². The van der Waals surface area contributed by atoms with Crippen molar-refractivity contribution in [2.24, 2.45) is 0 Å². The van der Waals surface area contributed by atoms with E-state index < -0.39 is 35.4 Å². The maximum absolute atomic E-state index is 16.1. The minimum atomic E-state index is -1.05. The molecule has 3 heterocycles. The molecule has 5 aromatic rings. The van der Waals surface area contributed by atoms with E-state index in [1.165, 1.54) is 6.07 Å². The lowest BCUT2D eigenvalue weighted by atomic mass is 9.37. The van der Waals surface area contributed by atoms with Crippen LogP contribution in [-0.2, 0) is 10.8 Å². The molecule has 4 aromatic carbocycles. The van der Waals surface area contributed by atoms with Crippen molar-refractivity contribution < 1.29 is 17.6 Å². The maximum Gasteiger partial charge on any atom is 0.256 e. The van der Waals surface area contributed by atoms with Crippen LogP contribution in [0, 0.1) is 23.3 Å². The van der Waals surface area contributed by atoms with Gasteiger partial charge < -0.3 is 0 Å². The second-order valence-corrected chi connectivity index (χ2v) is 12.6. The molecule has 0 aliphatic carbocycles. The maximum atomic E-state index is 16.1. The molecular formula is C31H25BF4N2. The summed E-state index contributed by atoms with van der Waals surface area (Å²) in [5.41, 5.74) is 3.89. The zero-order valence-electron chi connectivity index (χ0n) is 22.0. The average molecular weight is 512 g/mol. The number of aromatic nitrogens is 2. The van der Waals surface area contributed by atoms with Gasteiger partial charge in [-0.25, -0.2) is 22.2 Å². The first-order chi connectivity index (χ1) is 17.8. The predicted octanol–water partition coefficient (Wildman–Crippen LogP) is 6.14. The van der Waals surface area contributed by atoms with E-state index >= 15 is 17.6 Å². The second kappa shape index (κ2) is 7.07. The summed E-state index contributed by atoms with van der Waals surface area (Å²) in [6.45, 7) is 11.2. The Morgan fingerprint density at radius 3 is 2.05 bits per heavy atom. The van der Waals surface area contributed by atoms with E-state index in [9.17, 15) is 0 Å². The molecule has 0 atom stereocenters. The van der Waals surface area contributed by atoms with Crippen LogP contribution >= 0.6 is 0 Å². The average Bonchev–Trinajstić information content (AvgIpc) is 3.40. The number of benzene rings is 4. The summed E-state index contributed by atoms with van der Waals surface area (Å²) < 4.78 is 64.5. The molecule has 0 fully saturated rings. The smallest absolute Gasteiger partial charge is 0.234 e. The van der Waals surface area contributed by atoms with Gasteiger partial charge in [0.1, 0.15) is 0 Å². The molecule has 0 bridgehead atoms. The van der Waals surface area contributed by atoms with Crippen LogP contribution in [-0.4, -0.2) is 16.5 Å². The number of halogens is 4. The zero-order chi connectivity index (χ0) is 27.0. The van der Waals surface area contributed by atoms with Gasteiger partial charge in [0.2, 0.25) is 0 Å². The first-order valence-corrected chi connectivity index (χ1v) is 12.8. The Bertz CT molecular complexity index is 1890. The van der Waals surface area contributed by atoms with Gasteiger partial charge in [0.05, 0.1) is 16.9 Å². The third-order valence-corrected chi connectivity index (χ3v) is 8.12. The van der Waals surface area contributed by atoms with Gasteiger partial charge in [-0.05, 0) is 56.0 Å². The Balaban J connectivity index is 1.76. The molecule has 0 saturated carbocycles. The van der Waals surface area contributed by atoms with Crippen LogP contribution in [0.3, 0.4) is 0 Å². The highest BCUT2D eigenvalue weighted by atomic mass is 19.2. The Morgan fingerprint density at radius 1 is 0.711 bits per heavy atom. The molecular weight excluding hydrogens is 487 g/mol. The summed E-state index contributed by atoms with van der Waals surface area (Å²) in [5.74, 6) is -4.08. The van der Waals surface area contributed by atoms with E-state index in [1.807, 2.05) is 32.9 Å². The van der Waals surface area contributed by atoms with Crippen molar-refractivity contribution in [2.75, 3.05) is 0 Å². The third-order valence-electron chi connectivity index (χ3n) is 8.12. The summed E-state index contributed by atoms with van der Waals surface area (Å²) in [6.07, 6.45) is 0. The van der Waals surface area contributed by atoms with Crippen LogP contribution in [0.15, 0.2) is 42.5 Å². The van der Waals surface area contributed by atoms with Gasteiger partial charge in [-0.1, -0.05) is 71.9 Å². The summed E-state index contributed by atoms with van der Waals surface area (Å²) in [4.78, 5) is 0. The van der Waals surface area contributed by atoms with Crippen molar-refractivity contribution in [2.45, 2.75) is 52.4 Å². The molecule has 1 aromatic heterocycles. The Kier molecular flexibility index (Phi) is 4.37. The van der Waals surface area contributed by atoms with Gasteiger partial charge in [-0.2, -0.15) is 5.10 Å². The summed E-state index contributed by atoms with van der Waals surface area (Å²) >= 11 is 0. The normalized spacial score (nSPS) is 14.0. The molecule has 0 N–H and O–H groups in total. The fourth-order valence-electron chi connectivity index (χ4n) is 6.37. The van der Waals surface area contributed by atoms with Crippen molar-refractivity contribution in [3.05, 3.63) is 77.0 Å². The predicted molar refractivity (Wildman–Crippen MR) is 146 cm³/mol. The lowest BCUT2D eigenvalue weighted by Gasteiger charge is -2.27. The molecule has 38 heavy (non-hydrogen) atoms. The van der Waals surface area contributed by atoms with Crippen LogP contribution in [0.4, 0.5) is 17.6 Å². The van der Waals surface area contributed by atoms with Crippen LogP contribution in [0.2, 0.25) is 0 Å². The quantitative estimate of drug-likeness (QED) is 0.176. The second-order valence-electron chi connectivity index (χ2n) is 12.6. The minimum Gasteiger partial charge on any atom is -0.234 e. The number of hydrogen-bond donors (Lipinski definition) is 0. The van der Waals surface area contributed by atoms with Crippen molar-refractivity contribution in [1.29, 1.82) is 0 Å². The van der Waals surface area contributed by atoms with Gasteiger partial charge in [0, 0.05) is 16.2 Å². The van der Waals surface area contributed by atoms with E-state index in [0.29, 0.717) is 44.3 Å². The molecule has 2 nitrogen and oxygen atoms in total. The van der Waals surface area contributed by atoms with E-state index in [1.54, 1.807) is 28.9 Å². The first kappa shape index (κ1) is 23.5. The summed E-state index contributed by atoms with van der Waals surface area (Å²) in [6, 6.07) is 12.0. The molecule has 190 valence electrons. The van der Waals surface area contributed by atoms with Gasteiger partial charge in [-0.3, -0.25) is 0 Å². The monoisotopic (exact) mass is 512 g/mol. The van der Waals surface area contributed by atoms with Crippen LogP contribution in [0.1, 0.15) is 52.8 Å². The van der Waals surface area contributed by atoms with Crippen molar-refractivity contribution in [3.63, 3.8) is 0 Å². The van der Waals surface area contributed by atoms with Gasteiger partial charge in [-0.15, -0.1) is 0 Å². The van der Waals surface area contributed by atoms with E-state index in [-0.39, 0.29) is 21.7 Å². The van der Waals surface area contributed by atoms with Crippen LogP contribution in [0.25, 0.3) is 38.5 Å². The molecule has 2 aliphatic heterocycles. The summed E-state index contributed by atoms with van der Waals surface area (Å²) in [5, 5.41) is 6.11. The zero-order valence-corrected chi connectivity index (χ0v) is 22.0. The standard InChI is InChI=1S/C31H25BF4N2/c1-30(2,3)14-11-17-21-15-9-7-8-10-16(15)25(34)27(36)23(21)32-22(17)20(12-14)38-28-18(29(37-38)31(4,5)6)13-19(33)26(35)24(28)32/h7-13H,1-6H3. The van der Waals surface area contributed by atoms with E-state index in [0.717, 1.165) is 5.56 Å². The number of fused-ring (bicyclic) bond motifs is 7. The van der Waals surface area contributed by atoms with Crippen LogP contribution in [0.5, 0.6) is 0 Å². The van der Waals surface area contributed by atoms with Crippen molar-refractivity contribution in [3.8, 4) is 16.8 Å². The van der Waals surface area contributed by atoms with Gasteiger partial charge >= 0.3 is 0 Å². The lowest BCUT2D eigenvalue weighted by Crippen LogP contribution is -2.56. The van der Waals surface area contributed by atoms with E-state index in [4.69, 9.17) is 5.10 Å². The molecule has 0 spiro atoms. The highest BCUT2D eigenvalue weighted by Gasteiger charge is 2.47. The highest BCUT2D eigenvalue weighted by Crippen LogP contribution is 2.41. The molecule has 2 aliphatic rings. The molecule has 7 heteroatoms. The number of hydrogen-bond acceptors (Lipinski definition) is 1.